The van der Waals surface area contributed by atoms with E-state index >= 15 is 0 Å². The van der Waals surface area contributed by atoms with Crippen molar-refractivity contribution >= 4 is 34.4 Å². The van der Waals surface area contributed by atoms with Crippen LogP contribution in [-0.4, -0.2) is 23.3 Å². The van der Waals surface area contributed by atoms with E-state index in [9.17, 15) is 9.59 Å². The first-order valence-corrected chi connectivity index (χ1v) is 8.83. The fraction of sp³-hybridized carbons (Fsp3) is 0.263. The van der Waals surface area contributed by atoms with E-state index in [1.54, 1.807) is 0 Å². The Balaban J connectivity index is 2.02. The van der Waals surface area contributed by atoms with Gasteiger partial charge in [0.05, 0.1) is 5.57 Å². The van der Waals surface area contributed by atoms with Crippen LogP contribution >= 0.6 is 11.3 Å². The first-order valence-electron chi connectivity index (χ1n) is 7.95. The van der Waals surface area contributed by atoms with Gasteiger partial charge in [-0.25, -0.2) is 0 Å². The minimum absolute atomic E-state index is 0.216. The normalized spacial score (nSPS) is 14.9. The number of nitrogens with zero attached hydrogens (tertiary/aromatic N) is 1. The minimum Gasteiger partial charge on any atom is -0.350 e. The number of hydrogen-bond donors (Lipinski definition) is 1. The number of hydrogen-bond acceptors (Lipinski definition) is 4. The second-order valence-corrected chi connectivity index (χ2v) is 7.28. The molecule has 0 spiro atoms. The Labute approximate surface area is 145 Å². The number of benzene rings is 1. The average molecular weight is 340 g/mol. The van der Waals surface area contributed by atoms with Crippen LogP contribution in [0, 0.1) is 12.8 Å². The SMILES string of the molecule is Cc1cccc(NC2=C(c3cccs3)C(=O)N(CC(C)C)C2=O)c1. The zero-order valence-electron chi connectivity index (χ0n) is 14.0. The molecule has 0 saturated heterocycles. The van der Waals surface area contributed by atoms with Gasteiger partial charge in [-0.1, -0.05) is 32.0 Å². The standard InChI is InChI=1S/C19H20N2O2S/c1-12(2)11-21-18(22)16(15-8-5-9-24-15)17(19(21)23)20-14-7-4-6-13(3)10-14/h4-10,12,20H,11H2,1-3H3. The van der Waals surface area contributed by atoms with Crippen LogP contribution in [0.25, 0.3) is 5.57 Å². The monoisotopic (exact) mass is 340 g/mol. The Kier molecular flexibility index (Phi) is 4.53. The summed E-state index contributed by atoms with van der Waals surface area (Å²) in [5.74, 6) is -0.245. The summed E-state index contributed by atoms with van der Waals surface area (Å²) < 4.78 is 0. The third kappa shape index (κ3) is 3.12. The molecule has 0 fully saturated rings. The summed E-state index contributed by atoms with van der Waals surface area (Å²) in [5, 5.41) is 5.09. The van der Waals surface area contributed by atoms with Crippen LogP contribution in [0.4, 0.5) is 5.69 Å². The Morgan fingerprint density at radius 1 is 1.12 bits per heavy atom. The van der Waals surface area contributed by atoms with Crippen LogP contribution in [0.3, 0.4) is 0 Å². The molecule has 0 unspecified atom stereocenters. The van der Waals surface area contributed by atoms with Gasteiger partial charge in [0.15, 0.2) is 0 Å². The van der Waals surface area contributed by atoms with Gasteiger partial charge in [0.1, 0.15) is 5.70 Å². The molecule has 2 amide bonds. The van der Waals surface area contributed by atoms with Gasteiger partial charge >= 0.3 is 0 Å². The number of carbonyl (C=O) groups is 2. The lowest BCUT2D eigenvalue weighted by molar-refractivity contribution is -0.137. The molecular weight excluding hydrogens is 320 g/mol. The molecule has 124 valence electrons. The van der Waals surface area contributed by atoms with Crippen molar-refractivity contribution in [1.29, 1.82) is 0 Å². The molecule has 24 heavy (non-hydrogen) atoms. The van der Waals surface area contributed by atoms with Gasteiger partial charge < -0.3 is 5.32 Å². The Bertz CT molecular complexity index is 807. The maximum atomic E-state index is 12.8. The topological polar surface area (TPSA) is 49.4 Å². The summed E-state index contributed by atoms with van der Waals surface area (Å²) in [4.78, 5) is 27.8. The number of anilines is 1. The van der Waals surface area contributed by atoms with Gasteiger partial charge in [0, 0.05) is 17.1 Å². The van der Waals surface area contributed by atoms with E-state index in [2.05, 4.69) is 5.32 Å². The van der Waals surface area contributed by atoms with Gasteiger partial charge in [-0.2, -0.15) is 0 Å². The molecule has 0 radical (unpaired) electrons. The molecule has 5 heteroatoms. The fourth-order valence-electron chi connectivity index (χ4n) is 2.74. The van der Waals surface area contributed by atoms with Crippen molar-refractivity contribution < 1.29 is 9.59 Å². The number of carbonyl (C=O) groups excluding carboxylic acids is 2. The zero-order chi connectivity index (χ0) is 17.3. The zero-order valence-corrected chi connectivity index (χ0v) is 14.8. The molecular formula is C19H20N2O2S. The number of amides is 2. The largest absolute Gasteiger partial charge is 0.350 e. The molecule has 1 aliphatic heterocycles. The summed E-state index contributed by atoms with van der Waals surface area (Å²) in [5.41, 5.74) is 2.74. The smallest absolute Gasteiger partial charge is 0.278 e. The number of nitrogens with one attached hydrogen (secondary N) is 1. The second-order valence-electron chi connectivity index (χ2n) is 6.34. The van der Waals surface area contributed by atoms with Crippen LogP contribution in [0.2, 0.25) is 0 Å². The minimum atomic E-state index is -0.251. The van der Waals surface area contributed by atoms with Crippen LogP contribution in [0.15, 0.2) is 47.5 Å². The summed E-state index contributed by atoms with van der Waals surface area (Å²) >= 11 is 1.47. The molecule has 1 aliphatic rings. The van der Waals surface area contributed by atoms with Gasteiger partial charge in [0.25, 0.3) is 11.8 Å². The van der Waals surface area contributed by atoms with Crippen molar-refractivity contribution in [3.8, 4) is 0 Å². The molecule has 1 N–H and O–H groups in total. The van der Waals surface area contributed by atoms with Crippen molar-refractivity contribution in [1.82, 2.24) is 4.90 Å². The van der Waals surface area contributed by atoms with Crippen molar-refractivity contribution in [3.63, 3.8) is 0 Å². The van der Waals surface area contributed by atoms with Crippen LogP contribution < -0.4 is 5.32 Å². The third-order valence-electron chi connectivity index (χ3n) is 3.77. The lowest BCUT2D eigenvalue weighted by atomic mass is 10.1. The molecule has 2 aromatic rings. The fourth-order valence-corrected chi connectivity index (χ4v) is 3.51. The predicted molar refractivity (Wildman–Crippen MR) is 97.6 cm³/mol. The van der Waals surface area contributed by atoms with E-state index < -0.39 is 0 Å². The molecule has 0 bridgehead atoms. The van der Waals surface area contributed by atoms with E-state index in [0.29, 0.717) is 17.8 Å². The molecule has 1 aromatic heterocycles. The van der Waals surface area contributed by atoms with Crippen LogP contribution in [-0.2, 0) is 9.59 Å². The molecule has 1 aromatic carbocycles. The molecule has 2 heterocycles. The Morgan fingerprint density at radius 2 is 1.92 bits per heavy atom. The number of thiophene rings is 1. The van der Waals surface area contributed by atoms with Crippen LogP contribution in [0.5, 0.6) is 0 Å². The highest BCUT2D eigenvalue weighted by Crippen LogP contribution is 2.33. The first kappa shape index (κ1) is 16.5. The van der Waals surface area contributed by atoms with Crippen molar-refractivity contribution in [2.75, 3.05) is 11.9 Å². The first-order chi connectivity index (χ1) is 11.5. The van der Waals surface area contributed by atoms with Gasteiger partial charge in [-0.3, -0.25) is 14.5 Å². The molecule has 0 saturated carbocycles. The number of aryl methyl sites for hydroxylation is 1. The molecule has 0 atom stereocenters. The van der Waals surface area contributed by atoms with E-state index in [4.69, 9.17) is 0 Å². The van der Waals surface area contributed by atoms with Crippen LogP contribution in [0.1, 0.15) is 24.3 Å². The van der Waals surface area contributed by atoms with Crippen molar-refractivity contribution in [2.45, 2.75) is 20.8 Å². The Hall–Kier alpha value is -2.40. The summed E-state index contributed by atoms with van der Waals surface area (Å²) in [6.07, 6.45) is 0. The highest BCUT2D eigenvalue weighted by atomic mass is 32.1. The lowest BCUT2D eigenvalue weighted by Crippen LogP contribution is -2.35. The quantitative estimate of drug-likeness (QED) is 0.840. The number of rotatable bonds is 5. The summed E-state index contributed by atoms with van der Waals surface area (Å²) in [7, 11) is 0. The van der Waals surface area contributed by atoms with E-state index in [-0.39, 0.29) is 17.7 Å². The summed E-state index contributed by atoms with van der Waals surface area (Å²) in [6.45, 7) is 6.41. The average Bonchev–Trinajstić information content (AvgIpc) is 3.11. The lowest BCUT2D eigenvalue weighted by Gasteiger charge is -2.17. The van der Waals surface area contributed by atoms with E-state index in [1.165, 1.54) is 16.2 Å². The predicted octanol–water partition coefficient (Wildman–Crippen LogP) is 3.90. The number of imide groups is 1. The summed E-state index contributed by atoms with van der Waals surface area (Å²) in [6, 6.07) is 11.5. The van der Waals surface area contributed by atoms with Crippen molar-refractivity contribution in [2.24, 2.45) is 5.92 Å². The molecule has 0 aliphatic carbocycles. The molecule has 4 nitrogen and oxygen atoms in total. The maximum Gasteiger partial charge on any atom is 0.278 e. The van der Waals surface area contributed by atoms with Gasteiger partial charge in [-0.15, -0.1) is 11.3 Å². The maximum absolute atomic E-state index is 12.8. The highest BCUT2D eigenvalue weighted by Gasteiger charge is 2.39. The van der Waals surface area contributed by atoms with Crippen molar-refractivity contribution in [3.05, 3.63) is 57.9 Å². The van der Waals surface area contributed by atoms with E-state index in [0.717, 1.165) is 16.1 Å². The Morgan fingerprint density at radius 3 is 2.54 bits per heavy atom. The highest BCUT2D eigenvalue weighted by molar-refractivity contribution is 7.11. The second kappa shape index (κ2) is 6.61. The van der Waals surface area contributed by atoms with Gasteiger partial charge in [-0.05, 0) is 42.0 Å². The molecule has 3 rings (SSSR count). The van der Waals surface area contributed by atoms with E-state index in [1.807, 2.05) is 62.5 Å². The third-order valence-corrected chi connectivity index (χ3v) is 4.66. The van der Waals surface area contributed by atoms with Gasteiger partial charge in [0.2, 0.25) is 0 Å².